The van der Waals surface area contributed by atoms with Crippen molar-refractivity contribution in [2.45, 2.75) is 19.4 Å². The SMILES string of the molecule is COc1cc(C(=O)NCc2ccc(NC(=O)C3CC3)cc2)cc(OC)c1Br. The summed E-state index contributed by atoms with van der Waals surface area (Å²) in [5, 5.41) is 5.77. The van der Waals surface area contributed by atoms with Gasteiger partial charge in [-0.25, -0.2) is 0 Å². The molecule has 2 aromatic rings. The molecule has 1 aliphatic carbocycles. The molecule has 0 aliphatic heterocycles. The van der Waals surface area contributed by atoms with Gasteiger partial charge in [0.2, 0.25) is 5.91 Å². The molecule has 2 N–H and O–H groups in total. The molecule has 1 aliphatic rings. The number of carbonyl (C=O) groups is 2. The average Bonchev–Trinajstić information content (AvgIpc) is 3.52. The minimum atomic E-state index is -0.231. The summed E-state index contributed by atoms with van der Waals surface area (Å²) >= 11 is 3.39. The number of methoxy groups -OCH3 is 2. The number of ether oxygens (including phenoxy) is 2. The zero-order valence-electron chi connectivity index (χ0n) is 15.2. The van der Waals surface area contributed by atoms with Gasteiger partial charge in [-0.3, -0.25) is 9.59 Å². The van der Waals surface area contributed by atoms with Crippen molar-refractivity contribution < 1.29 is 19.1 Å². The number of anilines is 1. The highest BCUT2D eigenvalue weighted by atomic mass is 79.9. The Morgan fingerprint density at radius 1 is 1.07 bits per heavy atom. The van der Waals surface area contributed by atoms with Crippen molar-refractivity contribution >= 4 is 33.4 Å². The van der Waals surface area contributed by atoms with E-state index >= 15 is 0 Å². The molecular weight excluding hydrogens is 412 g/mol. The van der Waals surface area contributed by atoms with Gasteiger partial charge in [-0.1, -0.05) is 12.1 Å². The van der Waals surface area contributed by atoms with Crippen LogP contribution < -0.4 is 20.1 Å². The number of carbonyl (C=O) groups excluding carboxylic acids is 2. The third kappa shape index (κ3) is 4.80. The Balaban J connectivity index is 1.61. The molecule has 0 unspecified atom stereocenters. The van der Waals surface area contributed by atoms with Gasteiger partial charge in [-0.15, -0.1) is 0 Å². The largest absolute Gasteiger partial charge is 0.495 e. The molecule has 1 fully saturated rings. The van der Waals surface area contributed by atoms with Gasteiger partial charge in [0.05, 0.1) is 14.2 Å². The van der Waals surface area contributed by atoms with E-state index in [4.69, 9.17) is 9.47 Å². The van der Waals surface area contributed by atoms with E-state index in [-0.39, 0.29) is 17.7 Å². The van der Waals surface area contributed by atoms with E-state index in [0.29, 0.717) is 28.1 Å². The van der Waals surface area contributed by atoms with E-state index in [9.17, 15) is 9.59 Å². The van der Waals surface area contributed by atoms with Gasteiger partial charge in [0, 0.05) is 23.7 Å². The number of benzene rings is 2. The normalized spacial score (nSPS) is 13.0. The molecular formula is C20H21BrN2O4. The third-order valence-electron chi connectivity index (χ3n) is 4.33. The highest BCUT2D eigenvalue weighted by Gasteiger charge is 2.29. The topological polar surface area (TPSA) is 76.7 Å². The van der Waals surface area contributed by atoms with E-state index in [1.807, 2.05) is 24.3 Å². The summed E-state index contributed by atoms with van der Waals surface area (Å²) in [6.07, 6.45) is 1.95. The van der Waals surface area contributed by atoms with E-state index < -0.39 is 0 Å². The molecule has 0 atom stereocenters. The average molecular weight is 433 g/mol. The summed E-state index contributed by atoms with van der Waals surface area (Å²) in [4.78, 5) is 24.2. The first-order valence-electron chi connectivity index (χ1n) is 8.61. The van der Waals surface area contributed by atoms with Gasteiger partial charge in [-0.05, 0) is 58.6 Å². The molecule has 0 saturated heterocycles. The molecule has 3 rings (SSSR count). The summed E-state index contributed by atoms with van der Waals surface area (Å²) in [6, 6.07) is 10.7. The lowest BCUT2D eigenvalue weighted by Crippen LogP contribution is -2.23. The van der Waals surface area contributed by atoms with Gasteiger partial charge in [0.1, 0.15) is 16.0 Å². The van der Waals surface area contributed by atoms with Crippen LogP contribution >= 0.6 is 15.9 Å². The molecule has 142 valence electrons. The minimum absolute atomic E-state index is 0.0779. The molecule has 0 heterocycles. The second-order valence-corrected chi connectivity index (χ2v) is 7.13. The second kappa shape index (κ2) is 8.43. The Hall–Kier alpha value is -2.54. The standard InChI is InChI=1S/C20H21BrN2O4/c1-26-16-9-14(10-17(27-2)18(16)21)19(24)22-11-12-3-7-15(8-4-12)23-20(25)13-5-6-13/h3-4,7-10,13H,5-6,11H2,1-2H3,(H,22,24)(H,23,25). The van der Waals surface area contributed by atoms with Gasteiger partial charge in [0.25, 0.3) is 5.91 Å². The van der Waals surface area contributed by atoms with Gasteiger partial charge >= 0.3 is 0 Å². The van der Waals surface area contributed by atoms with Crippen LogP contribution in [0.3, 0.4) is 0 Å². The Labute approximate surface area is 166 Å². The lowest BCUT2D eigenvalue weighted by molar-refractivity contribution is -0.117. The maximum Gasteiger partial charge on any atom is 0.251 e. The van der Waals surface area contributed by atoms with Gasteiger partial charge in [-0.2, -0.15) is 0 Å². The molecule has 0 aromatic heterocycles. The fourth-order valence-electron chi connectivity index (χ4n) is 2.58. The summed E-state index contributed by atoms with van der Waals surface area (Å²) in [7, 11) is 3.07. The van der Waals surface area contributed by atoms with Crippen LogP contribution in [0.4, 0.5) is 5.69 Å². The zero-order valence-corrected chi connectivity index (χ0v) is 16.8. The molecule has 6 nitrogen and oxygen atoms in total. The fourth-order valence-corrected chi connectivity index (χ4v) is 3.13. The number of rotatable bonds is 7. The molecule has 0 radical (unpaired) electrons. The monoisotopic (exact) mass is 432 g/mol. The number of amides is 2. The van der Waals surface area contributed by atoms with Crippen molar-refractivity contribution in [2.75, 3.05) is 19.5 Å². The van der Waals surface area contributed by atoms with Crippen LogP contribution in [0.5, 0.6) is 11.5 Å². The van der Waals surface area contributed by atoms with E-state index in [2.05, 4.69) is 26.6 Å². The molecule has 7 heteroatoms. The maximum absolute atomic E-state index is 12.5. The van der Waals surface area contributed by atoms with Gasteiger partial charge < -0.3 is 20.1 Å². The molecule has 27 heavy (non-hydrogen) atoms. The lowest BCUT2D eigenvalue weighted by Gasteiger charge is -2.12. The summed E-state index contributed by atoms with van der Waals surface area (Å²) in [5.41, 5.74) is 2.15. The fraction of sp³-hybridized carbons (Fsp3) is 0.300. The summed E-state index contributed by atoms with van der Waals surface area (Å²) < 4.78 is 11.2. The quantitative estimate of drug-likeness (QED) is 0.698. The van der Waals surface area contributed by atoms with Crippen LogP contribution in [0.25, 0.3) is 0 Å². The number of hydrogen-bond acceptors (Lipinski definition) is 4. The van der Waals surface area contributed by atoms with Crippen LogP contribution in [0.15, 0.2) is 40.9 Å². The number of nitrogens with one attached hydrogen (secondary N) is 2. The smallest absolute Gasteiger partial charge is 0.251 e. The van der Waals surface area contributed by atoms with Crippen molar-refractivity contribution in [3.05, 3.63) is 52.0 Å². The first-order valence-corrected chi connectivity index (χ1v) is 9.40. The van der Waals surface area contributed by atoms with Crippen LogP contribution in [0, 0.1) is 5.92 Å². The molecule has 2 aromatic carbocycles. The Bertz CT molecular complexity index is 823. The third-order valence-corrected chi connectivity index (χ3v) is 5.11. The van der Waals surface area contributed by atoms with Gasteiger partial charge in [0.15, 0.2) is 0 Å². The first-order chi connectivity index (χ1) is 13.0. The van der Waals surface area contributed by atoms with Crippen LogP contribution in [0.2, 0.25) is 0 Å². The second-order valence-electron chi connectivity index (χ2n) is 6.34. The summed E-state index contributed by atoms with van der Waals surface area (Å²) in [6.45, 7) is 0.371. The van der Waals surface area contributed by atoms with E-state index in [1.54, 1.807) is 12.1 Å². The minimum Gasteiger partial charge on any atom is -0.495 e. The van der Waals surface area contributed by atoms with Crippen LogP contribution in [-0.4, -0.2) is 26.0 Å². The summed E-state index contributed by atoms with van der Waals surface area (Å²) in [5.74, 6) is 1.06. The lowest BCUT2D eigenvalue weighted by atomic mass is 10.1. The predicted molar refractivity (Wildman–Crippen MR) is 106 cm³/mol. The highest BCUT2D eigenvalue weighted by molar-refractivity contribution is 9.10. The first kappa shape index (κ1) is 19.2. The predicted octanol–water partition coefficient (Wildman–Crippen LogP) is 3.74. The Kier molecular flexibility index (Phi) is 6.01. The zero-order chi connectivity index (χ0) is 19.4. The van der Waals surface area contributed by atoms with Crippen molar-refractivity contribution in [3.8, 4) is 11.5 Å². The molecule has 0 spiro atoms. The molecule has 0 bridgehead atoms. The van der Waals surface area contributed by atoms with Crippen LogP contribution in [0.1, 0.15) is 28.8 Å². The Morgan fingerprint density at radius 3 is 2.19 bits per heavy atom. The van der Waals surface area contributed by atoms with Crippen molar-refractivity contribution in [2.24, 2.45) is 5.92 Å². The highest BCUT2D eigenvalue weighted by Crippen LogP contribution is 2.35. The number of halogens is 1. The Morgan fingerprint density at radius 2 is 1.67 bits per heavy atom. The van der Waals surface area contributed by atoms with Crippen molar-refractivity contribution in [1.29, 1.82) is 0 Å². The maximum atomic E-state index is 12.5. The molecule has 2 amide bonds. The molecule has 1 saturated carbocycles. The van der Waals surface area contributed by atoms with Crippen LogP contribution in [-0.2, 0) is 11.3 Å². The number of hydrogen-bond donors (Lipinski definition) is 2. The van der Waals surface area contributed by atoms with Crippen molar-refractivity contribution in [1.82, 2.24) is 5.32 Å². The van der Waals surface area contributed by atoms with E-state index in [1.165, 1.54) is 14.2 Å². The van der Waals surface area contributed by atoms with Crippen molar-refractivity contribution in [3.63, 3.8) is 0 Å². The van der Waals surface area contributed by atoms with E-state index in [0.717, 1.165) is 24.1 Å².